The number of hydrogen-bond acceptors (Lipinski definition) is 9. The van der Waals surface area contributed by atoms with Crippen LogP contribution in [0.15, 0.2) is 29.2 Å². The number of nitrogens with zero attached hydrogens (tertiary/aromatic N) is 2. The second-order valence-electron chi connectivity index (χ2n) is 8.08. The number of carbonyl (C=O) groups excluding carboxylic acids is 3. The molecule has 2 aromatic rings. The van der Waals surface area contributed by atoms with Crippen molar-refractivity contribution in [2.75, 3.05) is 59.5 Å². The summed E-state index contributed by atoms with van der Waals surface area (Å²) in [4.78, 5) is 39.3. The lowest BCUT2D eigenvalue weighted by molar-refractivity contribution is 0.0999. The Labute approximate surface area is 219 Å². The Kier molecular flexibility index (Phi) is 9.62. The Bertz CT molecular complexity index is 1240. The van der Waals surface area contributed by atoms with E-state index in [2.05, 4.69) is 5.32 Å². The molecule has 37 heavy (non-hydrogen) atoms. The molecule has 0 saturated heterocycles. The summed E-state index contributed by atoms with van der Waals surface area (Å²) in [6, 6.07) is 5.48. The standard InChI is InChI=1S/C23H30N4O8S2/c1-33-12-10-27(11-13-34-2)37(31,32)16-6-4-15(5-7-16)21(29)25-22-19(20(24)28)17-8-9-26(23(30)35-3)14-18(17)36-22/h4-7H,8-14H2,1-3H3,(H2,24,28)(H,25,29). The number of hydrogen-bond donors (Lipinski definition) is 2. The van der Waals surface area contributed by atoms with Crippen molar-refractivity contribution in [3.63, 3.8) is 0 Å². The highest BCUT2D eigenvalue weighted by Gasteiger charge is 2.30. The highest BCUT2D eigenvalue weighted by molar-refractivity contribution is 7.89. The van der Waals surface area contributed by atoms with Crippen LogP contribution in [0, 0.1) is 0 Å². The first-order valence-corrected chi connectivity index (χ1v) is 13.6. The largest absolute Gasteiger partial charge is 0.453 e. The molecule has 0 bridgehead atoms. The molecule has 1 aromatic carbocycles. The summed E-state index contributed by atoms with van der Waals surface area (Å²) in [5, 5.41) is 2.99. The van der Waals surface area contributed by atoms with E-state index in [1.165, 1.54) is 54.8 Å². The zero-order chi connectivity index (χ0) is 27.2. The molecule has 0 spiro atoms. The van der Waals surface area contributed by atoms with Gasteiger partial charge in [-0.3, -0.25) is 9.59 Å². The molecule has 0 aliphatic carbocycles. The van der Waals surface area contributed by atoms with E-state index in [-0.39, 0.29) is 53.9 Å². The van der Waals surface area contributed by atoms with Crippen LogP contribution in [0.25, 0.3) is 0 Å². The van der Waals surface area contributed by atoms with Crippen LogP contribution in [-0.2, 0) is 37.2 Å². The van der Waals surface area contributed by atoms with E-state index in [4.69, 9.17) is 19.9 Å². The second kappa shape index (κ2) is 12.5. The second-order valence-corrected chi connectivity index (χ2v) is 11.1. The van der Waals surface area contributed by atoms with Gasteiger partial charge in [-0.1, -0.05) is 0 Å². The van der Waals surface area contributed by atoms with Crippen LogP contribution in [0.2, 0.25) is 0 Å². The number of fused-ring (bicyclic) bond motifs is 1. The number of carbonyl (C=O) groups is 3. The smallest absolute Gasteiger partial charge is 0.409 e. The molecule has 14 heteroatoms. The zero-order valence-electron chi connectivity index (χ0n) is 20.8. The summed E-state index contributed by atoms with van der Waals surface area (Å²) >= 11 is 1.16. The molecule has 1 aliphatic heterocycles. The fourth-order valence-corrected chi connectivity index (χ4v) is 6.55. The van der Waals surface area contributed by atoms with Gasteiger partial charge in [0.25, 0.3) is 11.8 Å². The maximum atomic E-state index is 13.1. The van der Waals surface area contributed by atoms with Crippen LogP contribution >= 0.6 is 11.3 Å². The quantitative estimate of drug-likeness (QED) is 0.423. The van der Waals surface area contributed by atoms with E-state index in [0.717, 1.165) is 16.2 Å². The molecule has 202 valence electrons. The Morgan fingerprint density at radius 2 is 1.70 bits per heavy atom. The first-order valence-electron chi connectivity index (χ1n) is 11.3. The molecule has 0 radical (unpaired) electrons. The first-order chi connectivity index (χ1) is 17.6. The highest BCUT2D eigenvalue weighted by atomic mass is 32.2. The van der Waals surface area contributed by atoms with Crippen LogP contribution in [0.3, 0.4) is 0 Å². The highest BCUT2D eigenvalue weighted by Crippen LogP contribution is 2.37. The lowest BCUT2D eigenvalue weighted by Crippen LogP contribution is -2.36. The first kappa shape index (κ1) is 28.5. The summed E-state index contributed by atoms with van der Waals surface area (Å²) in [6.45, 7) is 1.32. The maximum Gasteiger partial charge on any atom is 0.409 e. The van der Waals surface area contributed by atoms with E-state index in [1.807, 2.05) is 0 Å². The monoisotopic (exact) mass is 554 g/mol. The van der Waals surface area contributed by atoms with E-state index in [0.29, 0.717) is 18.5 Å². The number of rotatable bonds is 11. The lowest BCUT2D eigenvalue weighted by atomic mass is 10.0. The van der Waals surface area contributed by atoms with Crippen molar-refractivity contribution < 1.29 is 37.0 Å². The van der Waals surface area contributed by atoms with Crippen LogP contribution in [0.1, 0.15) is 31.2 Å². The van der Waals surface area contributed by atoms with Crippen LogP contribution in [0.4, 0.5) is 9.80 Å². The normalized spacial score (nSPS) is 13.4. The number of benzene rings is 1. The molecular weight excluding hydrogens is 524 g/mol. The molecule has 0 fully saturated rings. The number of thiophene rings is 1. The maximum absolute atomic E-state index is 13.1. The van der Waals surface area contributed by atoms with Gasteiger partial charge in [0.1, 0.15) is 5.00 Å². The van der Waals surface area contributed by atoms with Gasteiger partial charge in [0.2, 0.25) is 10.0 Å². The molecule has 0 saturated carbocycles. The Hall–Kier alpha value is -3.04. The topological polar surface area (TPSA) is 158 Å². The van der Waals surface area contributed by atoms with Gasteiger partial charge in [0.05, 0.1) is 37.3 Å². The van der Waals surface area contributed by atoms with Gasteiger partial charge in [-0.2, -0.15) is 4.31 Å². The fraction of sp³-hybridized carbons (Fsp3) is 0.435. The minimum Gasteiger partial charge on any atom is -0.453 e. The average Bonchev–Trinajstić information content (AvgIpc) is 3.25. The number of methoxy groups -OCH3 is 3. The van der Waals surface area contributed by atoms with Crippen molar-refractivity contribution in [1.82, 2.24) is 9.21 Å². The number of sulfonamides is 1. The predicted octanol–water partition coefficient (Wildman–Crippen LogP) is 1.51. The van der Waals surface area contributed by atoms with Gasteiger partial charge < -0.3 is 30.2 Å². The van der Waals surface area contributed by atoms with Crippen LogP contribution in [-0.4, -0.2) is 89.7 Å². The van der Waals surface area contributed by atoms with Gasteiger partial charge in [-0.15, -0.1) is 11.3 Å². The number of amides is 3. The lowest BCUT2D eigenvalue weighted by Gasteiger charge is -2.25. The number of primary amides is 1. The van der Waals surface area contributed by atoms with Crippen LogP contribution in [0.5, 0.6) is 0 Å². The number of nitrogens with one attached hydrogen (secondary N) is 1. The zero-order valence-corrected chi connectivity index (χ0v) is 22.4. The van der Waals surface area contributed by atoms with Crippen molar-refractivity contribution in [3.8, 4) is 0 Å². The van der Waals surface area contributed by atoms with Crippen molar-refractivity contribution in [3.05, 3.63) is 45.8 Å². The molecule has 0 atom stereocenters. The molecule has 0 unspecified atom stereocenters. The van der Waals surface area contributed by atoms with Crippen molar-refractivity contribution in [2.24, 2.45) is 5.73 Å². The van der Waals surface area contributed by atoms with Gasteiger partial charge >= 0.3 is 6.09 Å². The van der Waals surface area contributed by atoms with Crippen molar-refractivity contribution in [2.45, 2.75) is 17.9 Å². The number of anilines is 1. The predicted molar refractivity (Wildman–Crippen MR) is 136 cm³/mol. The van der Waals surface area contributed by atoms with Gasteiger partial charge in [0.15, 0.2) is 0 Å². The van der Waals surface area contributed by atoms with E-state index in [1.54, 1.807) is 0 Å². The molecule has 2 heterocycles. The average molecular weight is 555 g/mol. The Morgan fingerprint density at radius 3 is 2.24 bits per heavy atom. The summed E-state index contributed by atoms with van der Waals surface area (Å²) in [6.07, 6.45) is -0.0899. The molecule has 3 N–H and O–H groups in total. The third-order valence-electron chi connectivity index (χ3n) is 5.81. The van der Waals surface area contributed by atoms with Gasteiger partial charge in [0, 0.05) is 44.3 Å². The van der Waals surface area contributed by atoms with Crippen molar-refractivity contribution in [1.29, 1.82) is 0 Å². The minimum atomic E-state index is -3.84. The minimum absolute atomic E-state index is 0.0172. The summed E-state index contributed by atoms with van der Waals surface area (Å²) < 4.78 is 42.2. The summed E-state index contributed by atoms with van der Waals surface area (Å²) in [5.74, 6) is -1.22. The molecule has 3 amide bonds. The third kappa shape index (κ3) is 6.45. The molecule has 12 nitrogen and oxygen atoms in total. The number of ether oxygens (including phenoxy) is 3. The molecular formula is C23H30N4O8S2. The molecule has 3 rings (SSSR count). The SMILES string of the molecule is COCCN(CCOC)S(=O)(=O)c1ccc(C(=O)Nc2sc3c(c2C(N)=O)CCN(C(=O)OC)C3)cc1. The van der Waals surface area contributed by atoms with Crippen LogP contribution < -0.4 is 11.1 Å². The third-order valence-corrected chi connectivity index (χ3v) is 8.85. The van der Waals surface area contributed by atoms with Gasteiger partial charge in [-0.25, -0.2) is 13.2 Å². The van der Waals surface area contributed by atoms with E-state index >= 15 is 0 Å². The summed E-state index contributed by atoms with van der Waals surface area (Å²) in [7, 11) is 0.417. The Balaban J connectivity index is 1.80. The van der Waals surface area contributed by atoms with Gasteiger partial charge in [-0.05, 0) is 36.2 Å². The number of nitrogens with two attached hydrogens (primary N) is 1. The summed E-state index contributed by atoms with van der Waals surface area (Å²) in [5.41, 5.74) is 6.71. The molecule has 1 aliphatic rings. The Morgan fingerprint density at radius 1 is 1.08 bits per heavy atom. The van der Waals surface area contributed by atoms with E-state index < -0.39 is 27.9 Å². The van der Waals surface area contributed by atoms with Crippen molar-refractivity contribution >= 4 is 44.3 Å². The fourth-order valence-electron chi connectivity index (χ4n) is 3.88. The molecule has 1 aromatic heterocycles. The van der Waals surface area contributed by atoms with E-state index in [9.17, 15) is 22.8 Å².